The molecule has 0 heterocycles. The number of ether oxygens (including phenoxy) is 1. The highest BCUT2D eigenvalue weighted by Crippen LogP contribution is 2.15. The second kappa shape index (κ2) is 27.2. The molecule has 0 aliphatic heterocycles. The number of hydrogen-bond donors (Lipinski definition) is 0. The maximum absolute atomic E-state index is 5.61. The van der Waals surface area contributed by atoms with Crippen molar-refractivity contribution in [2.24, 2.45) is 0 Å². The molecule has 0 amide bonds. The zero-order valence-electron chi connectivity index (χ0n) is 21.4. The quantitative estimate of drug-likeness (QED) is 0.0990. The zero-order valence-corrected chi connectivity index (χ0v) is 23.4. The minimum atomic E-state index is 0.358. The minimum Gasteiger partial charge on any atom is -0.423 e. The molecular formula is C27H58O2Si. The molecule has 0 N–H and O–H groups in total. The largest absolute Gasteiger partial charge is 0.423 e. The van der Waals surface area contributed by atoms with E-state index in [0.717, 1.165) is 23.7 Å². The Bertz CT molecular complexity index is 299. The molecular weight excluding hydrogens is 384 g/mol. The molecule has 0 aromatic rings. The van der Waals surface area contributed by atoms with E-state index < -0.39 is 0 Å². The average molecular weight is 443 g/mol. The SMILES string of the molecule is CCCCCCCCCCCCCCCCCCCCCCCC(COCC)O[SiH3]. The van der Waals surface area contributed by atoms with Crippen LogP contribution in [0, 0.1) is 0 Å². The smallest absolute Gasteiger partial charge is 0.146 e. The molecule has 0 rings (SSSR count). The molecule has 0 aromatic carbocycles. The third kappa shape index (κ3) is 24.4. The molecule has 0 saturated carbocycles. The lowest BCUT2D eigenvalue weighted by Crippen LogP contribution is -2.18. The number of hydrogen-bond acceptors (Lipinski definition) is 2. The molecule has 0 fully saturated rings. The normalized spacial score (nSPS) is 12.6. The summed E-state index contributed by atoms with van der Waals surface area (Å²) in [6.07, 6.45) is 31.9. The molecule has 30 heavy (non-hydrogen) atoms. The Morgan fingerprint density at radius 1 is 0.500 bits per heavy atom. The van der Waals surface area contributed by atoms with E-state index in [0.29, 0.717) is 6.10 Å². The van der Waals surface area contributed by atoms with Gasteiger partial charge >= 0.3 is 0 Å². The summed E-state index contributed by atoms with van der Waals surface area (Å²) in [6, 6.07) is 0. The van der Waals surface area contributed by atoms with Gasteiger partial charge in [0.25, 0.3) is 0 Å². The van der Waals surface area contributed by atoms with Crippen LogP contribution in [-0.4, -0.2) is 29.8 Å². The van der Waals surface area contributed by atoms with Crippen molar-refractivity contribution >= 4 is 10.5 Å². The topological polar surface area (TPSA) is 18.5 Å². The predicted octanol–water partition coefficient (Wildman–Crippen LogP) is 8.29. The summed E-state index contributed by atoms with van der Waals surface area (Å²) in [7, 11) is 0.830. The van der Waals surface area contributed by atoms with Crippen molar-refractivity contribution in [1.82, 2.24) is 0 Å². The monoisotopic (exact) mass is 442 g/mol. The van der Waals surface area contributed by atoms with E-state index in [4.69, 9.17) is 9.16 Å². The Hall–Kier alpha value is 0.137. The third-order valence-corrected chi connectivity index (χ3v) is 7.14. The Morgan fingerprint density at radius 2 is 0.833 bits per heavy atom. The Kier molecular flexibility index (Phi) is 27.3. The molecule has 3 heteroatoms. The second-order valence-electron chi connectivity index (χ2n) is 9.38. The summed E-state index contributed by atoms with van der Waals surface area (Å²) < 4.78 is 11.1. The van der Waals surface area contributed by atoms with Gasteiger partial charge in [0.15, 0.2) is 0 Å². The van der Waals surface area contributed by atoms with Crippen LogP contribution in [0.5, 0.6) is 0 Å². The van der Waals surface area contributed by atoms with E-state index in [1.165, 1.54) is 141 Å². The van der Waals surface area contributed by atoms with Gasteiger partial charge in [-0.05, 0) is 13.3 Å². The summed E-state index contributed by atoms with van der Waals surface area (Å²) >= 11 is 0. The van der Waals surface area contributed by atoms with Crippen LogP contribution in [0.4, 0.5) is 0 Å². The summed E-state index contributed by atoms with van der Waals surface area (Å²) in [4.78, 5) is 0. The summed E-state index contributed by atoms with van der Waals surface area (Å²) in [5.41, 5.74) is 0. The maximum atomic E-state index is 5.61. The molecule has 1 atom stereocenters. The van der Waals surface area contributed by atoms with E-state index in [1.54, 1.807) is 0 Å². The average Bonchev–Trinajstić information content (AvgIpc) is 2.76. The first-order valence-electron chi connectivity index (χ1n) is 14.0. The molecule has 0 aromatic heterocycles. The lowest BCUT2D eigenvalue weighted by Gasteiger charge is -2.15. The van der Waals surface area contributed by atoms with Crippen molar-refractivity contribution < 1.29 is 9.16 Å². The van der Waals surface area contributed by atoms with Crippen molar-refractivity contribution in [3.8, 4) is 0 Å². The van der Waals surface area contributed by atoms with E-state index >= 15 is 0 Å². The van der Waals surface area contributed by atoms with Gasteiger partial charge < -0.3 is 9.16 Å². The summed E-state index contributed by atoms with van der Waals surface area (Å²) in [5.74, 6) is 0. The van der Waals surface area contributed by atoms with E-state index in [9.17, 15) is 0 Å². The van der Waals surface area contributed by atoms with Crippen molar-refractivity contribution in [2.75, 3.05) is 13.2 Å². The van der Waals surface area contributed by atoms with Gasteiger partial charge in [-0.1, -0.05) is 142 Å². The number of unbranched alkanes of at least 4 members (excludes halogenated alkanes) is 20. The third-order valence-electron chi connectivity index (χ3n) is 6.47. The van der Waals surface area contributed by atoms with Gasteiger partial charge in [-0.2, -0.15) is 0 Å². The lowest BCUT2D eigenvalue weighted by atomic mass is 10.0. The van der Waals surface area contributed by atoms with Crippen molar-refractivity contribution in [3.05, 3.63) is 0 Å². The summed E-state index contributed by atoms with van der Waals surface area (Å²) in [5, 5.41) is 0. The zero-order chi connectivity index (χ0) is 22.0. The fourth-order valence-electron chi connectivity index (χ4n) is 4.32. The lowest BCUT2D eigenvalue weighted by molar-refractivity contribution is 0.0557. The van der Waals surface area contributed by atoms with Crippen LogP contribution in [0.15, 0.2) is 0 Å². The number of rotatable bonds is 26. The molecule has 0 aliphatic rings. The highest BCUT2D eigenvalue weighted by Gasteiger charge is 2.05. The highest BCUT2D eigenvalue weighted by atomic mass is 28.2. The maximum Gasteiger partial charge on any atom is 0.146 e. The molecule has 0 saturated heterocycles. The second-order valence-corrected chi connectivity index (χ2v) is 9.85. The summed E-state index contributed by atoms with van der Waals surface area (Å²) in [6.45, 7) is 5.96. The van der Waals surface area contributed by atoms with E-state index in [1.807, 2.05) is 0 Å². The Morgan fingerprint density at radius 3 is 1.13 bits per heavy atom. The molecule has 0 bridgehead atoms. The van der Waals surface area contributed by atoms with Crippen LogP contribution < -0.4 is 0 Å². The molecule has 2 nitrogen and oxygen atoms in total. The van der Waals surface area contributed by atoms with Gasteiger partial charge in [0.2, 0.25) is 0 Å². The first-order chi connectivity index (χ1) is 14.8. The van der Waals surface area contributed by atoms with Crippen molar-refractivity contribution in [1.29, 1.82) is 0 Å². The Labute approximate surface area is 194 Å². The van der Waals surface area contributed by atoms with Crippen molar-refractivity contribution in [3.63, 3.8) is 0 Å². The van der Waals surface area contributed by atoms with Crippen LogP contribution in [-0.2, 0) is 9.16 Å². The minimum absolute atomic E-state index is 0.358. The predicted molar refractivity (Wildman–Crippen MR) is 139 cm³/mol. The van der Waals surface area contributed by atoms with Crippen LogP contribution in [0.3, 0.4) is 0 Å². The first kappa shape index (κ1) is 30.1. The molecule has 0 radical (unpaired) electrons. The fraction of sp³-hybridized carbons (Fsp3) is 1.00. The molecule has 182 valence electrons. The van der Waals surface area contributed by atoms with Crippen LogP contribution in [0.1, 0.15) is 155 Å². The van der Waals surface area contributed by atoms with Crippen LogP contribution in [0.2, 0.25) is 0 Å². The van der Waals surface area contributed by atoms with Gasteiger partial charge in [-0.25, -0.2) is 0 Å². The van der Waals surface area contributed by atoms with Gasteiger partial charge in [0.05, 0.1) is 12.7 Å². The highest BCUT2D eigenvalue weighted by molar-refractivity contribution is 5.98. The van der Waals surface area contributed by atoms with Crippen molar-refractivity contribution in [2.45, 2.75) is 161 Å². The van der Waals surface area contributed by atoms with Gasteiger partial charge in [-0.3, -0.25) is 0 Å². The Balaban J connectivity index is 3.09. The standard InChI is InChI=1S/C27H58O2Si/c1-3-5-6-7-8-9-10-11-12-13-14-15-16-17-18-19-20-21-22-23-24-25-27(29-30)26-28-4-2/h27H,3-26H2,1-2,30H3. The van der Waals surface area contributed by atoms with Crippen LogP contribution in [0.25, 0.3) is 0 Å². The molecule has 0 aliphatic carbocycles. The molecule has 0 spiro atoms. The van der Waals surface area contributed by atoms with Gasteiger partial charge in [-0.15, -0.1) is 0 Å². The van der Waals surface area contributed by atoms with Gasteiger partial charge in [0.1, 0.15) is 10.5 Å². The van der Waals surface area contributed by atoms with E-state index in [-0.39, 0.29) is 0 Å². The molecule has 1 unspecified atom stereocenters. The van der Waals surface area contributed by atoms with Crippen LogP contribution >= 0.6 is 0 Å². The van der Waals surface area contributed by atoms with Gasteiger partial charge in [0, 0.05) is 6.61 Å². The van der Waals surface area contributed by atoms with E-state index in [2.05, 4.69) is 13.8 Å². The first-order valence-corrected chi connectivity index (χ1v) is 14.8. The fourth-order valence-corrected chi connectivity index (χ4v) is 4.69.